The molecule has 0 unspecified atom stereocenters. The van der Waals surface area contributed by atoms with Crippen LogP contribution in [0.2, 0.25) is 0 Å². The smallest absolute Gasteiger partial charge is 0.315 e. The number of urea groups is 1. The average molecular weight is 234 g/mol. The zero-order valence-electron chi connectivity index (χ0n) is 10.9. The van der Waals surface area contributed by atoms with Crippen molar-refractivity contribution in [3.05, 3.63) is 35.4 Å². The number of benzene rings is 1. The molecule has 3 heteroatoms. The number of hydrogen-bond acceptors (Lipinski definition) is 1. The van der Waals surface area contributed by atoms with Gasteiger partial charge in [-0.25, -0.2) is 4.79 Å². The molecule has 17 heavy (non-hydrogen) atoms. The van der Waals surface area contributed by atoms with Crippen LogP contribution in [0.4, 0.5) is 4.79 Å². The lowest BCUT2D eigenvalue weighted by atomic mass is 10.0. The van der Waals surface area contributed by atoms with Crippen molar-refractivity contribution >= 4 is 6.03 Å². The van der Waals surface area contributed by atoms with Gasteiger partial charge in [-0.15, -0.1) is 0 Å². The van der Waals surface area contributed by atoms with Crippen molar-refractivity contribution in [1.82, 2.24) is 10.6 Å². The minimum Gasteiger partial charge on any atom is -0.338 e. The summed E-state index contributed by atoms with van der Waals surface area (Å²) < 4.78 is 0. The predicted molar refractivity (Wildman–Crippen MR) is 71.1 cm³/mol. The molecule has 2 amide bonds. The minimum absolute atomic E-state index is 0.0974. The molecule has 0 saturated carbocycles. The number of nitrogens with one attached hydrogen (secondary N) is 2. The molecule has 0 saturated heterocycles. The Labute approximate surface area is 104 Å². The molecule has 1 aromatic rings. The Bertz CT molecular complexity index is 344. The van der Waals surface area contributed by atoms with Crippen LogP contribution in [0, 0.1) is 0 Å². The van der Waals surface area contributed by atoms with Gasteiger partial charge in [-0.2, -0.15) is 0 Å². The molecule has 0 aliphatic carbocycles. The fraction of sp³-hybridized carbons (Fsp3) is 0.500. The molecule has 0 aromatic heterocycles. The Hall–Kier alpha value is -1.51. The summed E-state index contributed by atoms with van der Waals surface area (Å²) in [6.07, 6.45) is 0.955. The first-order chi connectivity index (χ1) is 8.13. The van der Waals surface area contributed by atoms with Gasteiger partial charge in [0.15, 0.2) is 0 Å². The molecule has 1 aromatic carbocycles. The minimum atomic E-state index is -0.0974. The SMILES string of the molecule is CCCNC(=O)NCc1ccc(C(C)C)cc1. The maximum Gasteiger partial charge on any atom is 0.315 e. The van der Waals surface area contributed by atoms with Crippen molar-refractivity contribution in [3.63, 3.8) is 0 Å². The van der Waals surface area contributed by atoms with E-state index < -0.39 is 0 Å². The lowest BCUT2D eigenvalue weighted by molar-refractivity contribution is 0.240. The van der Waals surface area contributed by atoms with Crippen molar-refractivity contribution in [1.29, 1.82) is 0 Å². The highest BCUT2D eigenvalue weighted by atomic mass is 16.2. The molecule has 2 N–H and O–H groups in total. The standard InChI is InChI=1S/C14H22N2O/c1-4-9-15-14(17)16-10-12-5-7-13(8-6-12)11(2)3/h5-8,11H,4,9-10H2,1-3H3,(H2,15,16,17). The van der Waals surface area contributed by atoms with Crippen LogP contribution in [-0.2, 0) is 6.54 Å². The van der Waals surface area contributed by atoms with Crippen LogP contribution in [0.1, 0.15) is 44.2 Å². The molecule has 0 atom stereocenters. The number of amides is 2. The van der Waals surface area contributed by atoms with Gasteiger partial charge in [0.2, 0.25) is 0 Å². The van der Waals surface area contributed by atoms with Crippen molar-refractivity contribution < 1.29 is 4.79 Å². The second kappa shape index (κ2) is 6.94. The third-order valence-corrected chi connectivity index (χ3v) is 2.64. The van der Waals surface area contributed by atoms with Crippen molar-refractivity contribution in [2.24, 2.45) is 0 Å². The van der Waals surface area contributed by atoms with Gasteiger partial charge in [0.1, 0.15) is 0 Å². The Balaban J connectivity index is 2.39. The summed E-state index contributed by atoms with van der Waals surface area (Å²) in [5, 5.41) is 5.61. The second-order valence-electron chi connectivity index (χ2n) is 4.51. The van der Waals surface area contributed by atoms with E-state index in [0.717, 1.165) is 18.5 Å². The van der Waals surface area contributed by atoms with Gasteiger partial charge in [-0.05, 0) is 23.5 Å². The normalized spacial score (nSPS) is 10.4. The highest BCUT2D eigenvalue weighted by molar-refractivity contribution is 5.73. The number of hydrogen-bond donors (Lipinski definition) is 2. The monoisotopic (exact) mass is 234 g/mol. The maximum absolute atomic E-state index is 11.3. The van der Waals surface area contributed by atoms with Crippen LogP contribution < -0.4 is 10.6 Å². The van der Waals surface area contributed by atoms with Gasteiger partial charge in [0.05, 0.1) is 0 Å². The lowest BCUT2D eigenvalue weighted by Crippen LogP contribution is -2.35. The van der Waals surface area contributed by atoms with E-state index in [1.807, 2.05) is 6.92 Å². The second-order valence-corrected chi connectivity index (χ2v) is 4.51. The molecule has 0 radical (unpaired) electrons. The van der Waals surface area contributed by atoms with Crippen LogP contribution in [0.3, 0.4) is 0 Å². The molecule has 0 bridgehead atoms. The van der Waals surface area contributed by atoms with E-state index in [1.54, 1.807) is 0 Å². The van der Waals surface area contributed by atoms with Crippen molar-refractivity contribution in [2.45, 2.75) is 39.7 Å². The molecule has 0 spiro atoms. The molecule has 1 rings (SSSR count). The van der Waals surface area contributed by atoms with E-state index in [0.29, 0.717) is 12.5 Å². The first-order valence-electron chi connectivity index (χ1n) is 6.24. The van der Waals surface area contributed by atoms with Crippen molar-refractivity contribution in [2.75, 3.05) is 6.54 Å². The molecule has 94 valence electrons. The number of carbonyl (C=O) groups excluding carboxylic acids is 1. The van der Waals surface area contributed by atoms with Crippen LogP contribution >= 0.6 is 0 Å². The summed E-state index contributed by atoms with van der Waals surface area (Å²) in [6.45, 7) is 7.67. The zero-order valence-corrected chi connectivity index (χ0v) is 10.9. The van der Waals surface area contributed by atoms with E-state index >= 15 is 0 Å². The summed E-state index contributed by atoms with van der Waals surface area (Å²) in [6, 6.07) is 8.27. The third kappa shape index (κ3) is 4.89. The van der Waals surface area contributed by atoms with Crippen LogP contribution in [0.15, 0.2) is 24.3 Å². The molecular formula is C14H22N2O. The largest absolute Gasteiger partial charge is 0.338 e. The average Bonchev–Trinajstić information content (AvgIpc) is 2.34. The first-order valence-corrected chi connectivity index (χ1v) is 6.24. The fourth-order valence-corrected chi connectivity index (χ4v) is 1.50. The quantitative estimate of drug-likeness (QED) is 0.808. The van der Waals surface area contributed by atoms with E-state index in [-0.39, 0.29) is 6.03 Å². The van der Waals surface area contributed by atoms with Gasteiger partial charge < -0.3 is 10.6 Å². The van der Waals surface area contributed by atoms with Crippen LogP contribution in [0.25, 0.3) is 0 Å². The Morgan fingerprint density at radius 1 is 1.18 bits per heavy atom. The molecule has 0 aliphatic heterocycles. The highest BCUT2D eigenvalue weighted by Gasteiger charge is 2.01. The van der Waals surface area contributed by atoms with Gasteiger partial charge in [0, 0.05) is 13.1 Å². The Morgan fingerprint density at radius 2 is 1.82 bits per heavy atom. The van der Waals surface area contributed by atoms with E-state index in [2.05, 4.69) is 48.7 Å². The van der Waals surface area contributed by atoms with E-state index in [4.69, 9.17) is 0 Å². The number of rotatable bonds is 5. The molecular weight excluding hydrogens is 212 g/mol. The van der Waals surface area contributed by atoms with Gasteiger partial charge in [-0.1, -0.05) is 45.0 Å². The van der Waals surface area contributed by atoms with Gasteiger partial charge in [0.25, 0.3) is 0 Å². The molecule has 0 heterocycles. The van der Waals surface area contributed by atoms with E-state index in [1.165, 1.54) is 5.56 Å². The molecule has 0 aliphatic rings. The summed E-state index contributed by atoms with van der Waals surface area (Å²) in [5.74, 6) is 0.546. The highest BCUT2D eigenvalue weighted by Crippen LogP contribution is 2.14. The van der Waals surface area contributed by atoms with E-state index in [9.17, 15) is 4.79 Å². The Kier molecular flexibility index (Phi) is 5.53. The summed E-state index contributed by atoms with van der Waals surface area (Å²) >= 11 is 0. The van der Waals surface area contributed by atoms with Crippen LogP contribution in [0.5, 0.6) is 0 Å². The first kappa shape index (κ1) is 13.6. The number of carbonyl (C=O) groups is 1. The predicted octanol–water partition coefficient (Wildman–Crippen LogP) is 3.02. The topological polar surface area (TPSA) is 41.1 Å². The lowest BCUT2D eigenvalue weighted by Gasteiger charge is -2.08. The third-order valence-electron chi connectivity index (χ3n) is 2.64. The maximum atomic E-state index is 11.3. The summed E-state index contributed by atoms with van der Waals surface area (Å²) in [4.78, 5) is 11.3. The Morgan fingerprint density at radius 3 is 2.35 bits per heavy atom. The van der Waals surface area contributed by atoms with Gasteiger partial charge >= 0.3 is 6.03 Å². The summed E-state index contributed by atoms with van der Waals surface area (Å²) in [7, 11) is 0. The molecule has 3 nitrogen and oxygen atoms in total. The van der Waals surface area contributed by atoms with Crippen LogP contribution in [-0.4, -0.2) is 12.6 Å². The summed E-state index contributed by atoms with van der Waals surface area (Å²) in [5.41, 5.74) is 2.45. The zero-order chi connectivity index (χ0) is 12.7. The van der Waals surface area contributed by atoms with Crippen molar-refractivity contribution in [3.8, 4) is 0 Å². The molecule has 0 fully saturated rings. The fourth-order valence-electron chi connectivity index (χ4n) is 1.50. The van der Waals surface area contributed by atoms with Gasteiger partial charge in [-0.3, -0.25) is 0 Å².